The van der Waals surface area contributed by atoms with E-state index in [1.807, 2.05) is 6.07 Å². The van der Waals surface area contributed by atoms with Gasteiger partial charge in [-0.2, -0.15) is 0 Å². The van der Waals surface area contributed by atoms with Crippen LogP contribution in [0.2, 0.25) is 0 Å². The van der Waals surface area contributed by atoms with E-state index in [9.17, 15) is 0 Å². The van der Waals surface area contributed by atoms with Gasteiger partial charge in [-0.05, 0) is 25.5 Å². The molecule has 5 heteroatoms. The van der Waals surface area contributed by atoms with Crippen LogP contribution in [-0.2, 0) is 6.54 Å². The molecule has 1 aromatic heterocycles. The number of benzene rings is 1. The summed E-state index contributed by atoms with van der Waals surface area (Å²) >= 11 is 0. The number of hydrogen-bond acceptors (Lipinski definition) is 4. The molecule has 21 heavy (non-hydrogen) atoms. The third-order valence-corrected chi connectivity index (χ3v) is 3.99. The molecule has 0 aliphatic carbocycles. The predicted octanol–water partition coefficient (Wildman–Crippen LogP) is 2.71. The van der Waals surface area contributed by atoms with Gasteiger partial charge in [-0.25, -0.2) is 0 Å². The molecule has 0 amide bonds. The first-order valence-electron chi connectivity index (χ1n) is 7.56. The zero-order valence-corrected chi connectivity index (χ0v) is 12.9. The molecule has 1 atom stereocenters. The summed E-state index contributed by atoms with van der Waals surface area (Å²) in [5, 5.41) is 12.4. The van der Waals surface area contributed by atoms with E-state index in [1.54, 1.807) is 7.11 Å². The molecule has 1 aliphatic rings. The molecule has 1 unspecified atom stereocenters. The molecule has 0 saturated carbocycles. The Morgan fingerprint density at radius 2 is 2.24 bits per heavy atom. The molecule has 1 aromatic carbocycles. The van der Waals surface area contributed by atoms with Crippen LogP contribution in [0.1, 0.15) is 37.2 Å². The van der Waals surface area contributed by atoms with Gasteiger partial charge < -0.3 is 14.6 Å². The summed E-state index contributed by atoms with van der Waals surface area (Å²) < 4.78 is 7.72. The highest BCUT2D eigenvalue weighted by Gasteiger charge is 2.25. The highest BCUT2D eigenvalue weighted by atomic mass is 16.5. The highest BCUT2D eigenvalue weighted by Crippen LogP contribution is 2.32. The maximum absolute atomic E-state index is 5.49. The Labute approximate surface area is 125 Å². The van der Waals surface area contributed by atoms with E-state index >= 15 is 0 Å². The van der Waals surface area contributed by atoms with Crippen LogP contribution < -0.4 is 10.1 Å². The summed E-state index contributed by atoms with van der Waals surface area (Å²) in [6, 6.07) is 6.47. The Balaban J connectivity index is 2.07. The van der Waals surface area contributed by atoms with Crippen molar-refractivity contribution in [3.8, 4) is 17.1 Å². The Morgan fingerprint density at radius 1 is 1.38 bits per heavy atom. The quantitative estimate of drug-likeness (QED) is 0.939. The number of hydrogen-bond donors (Lipinski definition) is 1. The predicted molar refractivity (Wildman–Crippen MR) is 82.4 cm³/mol. The summed E-state index contributed by atoms with van der Waals surface area (Å²) in [6.07, 6.45) is 2.22. The minimum atomic E-state index is 0.306. The van der Waals surface area contributed by atoms with Crippen LogP contribution in [0.4, 0.5) is 0 Å². The number of rotatable bonds is 4. The fourth-order valence-corrected chi connectivity index (χ4v) is 2.95. The average Bonchev–Trinajstić information content (AvgIpc) is 2.92. The van der Waals surface area contributed by atoms with Crippen molar-refractivity contribution in [2.45, 2.75) is 39.3 Å². The minimum absolute atomic E-state index is 0.306. The normalized spacial score (nSPS) is 17.6. The minimum Gasteiger partial charge on any atom is -0.496 e. The van der Waals surface area contributed by atoms with Crippen LogP contribution in [0.5, 0.6) is 5.75 Å². The van der Waals surface area contributed by atoms with E-state index in [0.717, 1.165) is 48.9 Å². The van der Waals surface area contributed by atoms with Crippen molar-refractivity contribution >= 4 is 0 Å². The van der Waals surface area contributed by atoms with Crippen molar-refractivity contribution in [3.05, 3.63) is 29.6 Å². The molecule has 0 bridgehead atoms. The van der Waals surface area contributed by atoms with Crippen LogP contribution >= 0.6 is 0 Å². The first kappa shape index (κ1) is 14.1. The molecule has 2 aromatic rings. The summed E-state index contributed by atoms with van der Waals surface area (Å²) in [7, 11) is 1.70. The van der Waals surface area contributed by atoms with E-state index < -0.39 is 0 Å². The summed E-state index contributed by atoms with van der Waals surface area (Å²) in [5.74, 6) is 2.80. The van der Waals surface area contributed by atoms with Crippen LogP contribution in [0.25, 0.3) is 11.4 Å². The van der Waals surface area contributed by atoms with Crippen molar-refractivity contribution in [1.82, 2.24) is 20.1 Å². The highest BCUT2D eigenvalue weighted by molar-refractivity contribution is 5.65. The Kier molecular flexibility index (Phi) is 3.92. The standard InChI is InChI=1S/C16H22N4O/c1-4-5-13-16-19-18-15(20(16)9-8-17-13)12-10-11(2)6-7-14(12)21-3/h6-7,10,13,17H,4-5,8-9H2,1-3H3. The van der Waals surface area contributed by atoms with Gasteiger partial charge in [0.15, 0.2) is 11.6 Å². The van der Waals surface area contributed by atoms with Gasteiger partial charge in [0, 0.05) is 13.1 Å². The number of ether oxygens (including phenoxy) is 1. The number of aryl methyl sites for hydroxylation is 1. The fourth-order valence-electron chi connectivity index (χ4n) is 2.95. The van der Waals surface area contributed by atoms with Gasteiger partial charge in [0.2, 0.25) is 0 Å². The molecule has 0 saturated heterocycles. The van der Waals surface area contributed by atoms with Gasteiger partial charge in [-0.15, -0.1) is 10.2 Å². The third-order valence-electron chi connectivity index (χ3n) is 3.99. The Morgan fingerprint density at radius 3 is 3.00 bits per heavy atom. The number of fused-ring (bicyclic) bond motifs is 1. The largest absolute Gasteiger partial charge is 0.496 e. The maximum atomic E-state index is 5.49. The number of nitrogens with one attached hydrogen (secondary N) is 1. The molecule has 3 rings (SSSR count). The van der Waals surface area contributed by atoms with E-state index in [1.165, 1.54) is 5.56 Å². The zero-order valence-electron chi connectivity index (χ0n) is 12.9. The van der Waals surface area contributed by atoms with Gasteiger partial charge in [0.25, 0.3) is 0 Å². The fraction of sp³-hybridized carbons (Fsp3) is 0.500. The Bertz CT molecular complexity index is 635. The van der Waals surface area contributed by atoms with Crippen LogP contribution in [-0.4, -0.2) is 28.4 Å². The second kappa shape index (κ2) is 5.85. The molecule has 112 valence electrons. The van der Waals surface area contributed by atoms with Crippen molar-refractivity contribution in [2.75, 3.05) is 13.7 Å². The van der Waals surface area contributed by atoms with Crippen molar-refractivity contribution in [1.29, 1.82) is 0 Å². The van der Waals surface area contributed by atoms with Crippen molar-refractivity contribution in [3.63, 3.8) is 0 Å². The van der Waals surface area contributed by atoms with Crippen LogP contribution in [0.15, 0.2) is 18.2 Å². The van der Waals surface area contributed by atoms with Gasteiger partial charge in [-0.1, -0.05) is 25.0 Å². The molecular weight excluding hydrogens is 264 g/mol. The topological polar surface area (TPSA) is 52.0 Å². The first-order valence-corrected chi connectivity index (χ1v) is 7.56. The number of nitrogens with zero attached hydrogens (tertiary/aromatic N) is 3. The third kappa shape index (κ3) is 2.53. The molecule has 1 N–H and O–H groups in total. The molecule has 0 fully saturated rings. The molecule has 5 nitrogen and oxygen atoms in total. The molecule has 0 spiro atoms. The lowest BCUT2D eigenvalue weighted by molar-refractivity contribution is 0.393. The van der Waals surface area contributed by atoms with Gasteiger partial charge >= 0.3 is 0 Å². The van der Waals surface area contributed by atoms with E-state index in [0.29, 0.717) is 6.04 Å². The monoisotopic (exact) mass is 286 g/mol. The van der Waals surface area contributed by atoms with E-state index in [-0.39, 0.29) is 0 Å². The van der Waals surface area contributed by atoms with Crippen LogP contribution in [0, 0.1) is 6.92 Å². The molecule has 0 radical (unpaired) electrons. The summed E-state index contributed by atoms with van der Waals surface area (Å²) in [6.45, 7) is 6.13. The summed E-state index contributed by atoms with van der Waals surface area (Å²) in [5.41, 5.74) is 2.22. The second-order valence-corrected chi connectivity index (χ2v) is 5.53. The molecule has 1 aliphatic heterocycles. The van der Waals surface area contributed by atoms with Gasteiger partial charge in [0.1, 0.15) is 5.75 Å². The number of methoxy groups -OCH3 is 1. The smallest absolute Gasteiger partial charge is 0.167 e. The van der Waals surface area contributed by atoms with Crippen molar-refractivity contribution < 1.29 is 4.74 Å². The van der Waals surface area contributed by atoms with E-state index in [4.69, 9.17) is 4.74 Å². The lowest BCUT2D eigenvalue weighted by atomic mass is 10.1. The Hall–Kier alpha value is -1.88. The van der Waals surface area contributed by atoms with Crippen molar-refractivity contribution in [2.24, 2.45) is 0 Å². The van der Waals surface area contributed by atoms with Crippen LogP contribution in [0.3, 0.4) is 0 Å². The van der Waals surface area contributed by atoms with Gasteiger partial charge in [0.05, 0.1) is 18.7 Å². The molecular formula is C16H22N4O. The number of aromatic nitrogens is 3. The second-order valence-electron chi connectivity index (χ2n) is 5.53. The summed E-state index contributed by atoms with van der Waals surface area (Å²) in [4.78, 5) is 0. The first-order chi connectivity index (χ1) is 10.2. The zero-order chi connectivity index (χ0) is 14.8. The van der Waals surface area contributed by atoms with E-state index in [2.05, 4.69) is 46.1 Å². The average molecular weight is 286 g/mol. The lowest BCUT2D eigenvalue weighted by Crippen LogP contribution is -2.33. The lowest BCUT2D eigenvalue weighted by Gasteiger charge is -2.25. The molecule has 2 heterocycles. The SMILES string of the molecule is CCCC1NCCn2c(-c3cc(C)ccc3OC)nnc21. The van der Waals surface area contributed by atoms with Gasteiger partial charge in [-0.3, -0.25) is 0 Å². The maximum Gasteiger partial charge on any atom is 0.167 e.